The summed E-state index contributed by atoms with van der Waals surface area (Å²) in [6.07, 6.45) is 2.17. The van der Waals surface area contributed by atoms with E-state index < -0.39 is 4.92 Å². The quantitative estimate of drug-likeness (QED) is 0.515. The van der Waals surface area contributed by atoms with E-state index >= 15 is 0 Å². The second kappa shape index (κ2) is 4.23. The first-order valence-electron chi connectivity index (χ1n) is 3.83. The van der Waals surface area contributed by atoms with Gasteiger partial charge in [0.25, 0.3) is 0 Å². The number of phenols is 1. The monoisotopic (exact) mass is 257 g/mol. The molecule has 0 aromatic heterocycles. The van der Waals surface area contributed by atoms with Gasteiger partial charge in [0.05, 0.1) is 9.40 Å². The van der Waals surface area contributed by atoms with Crippen LogP contribution in [-0.2, 0) is 6.42 Å². The molecule has 74 valence electrons. The van der Waals surface area contributed by atoms with Gasteiger partial charge in [-0.2, -0.15) is 0 Å². The van der Waals surface area contributed by atoms with Crippen molar-refractivity contribution in [3.8, 4) is 5.75 Å². The van der Waals surface area contributed by atoms with E-state index in [1.54, 1.807) is 12.1 Å². The molecule has 0 aliphatic rings. The summed E-state index contributed by atoms with van der Waals surface area (Å²) < 4.78 is 0.323. The lowest BCUT2D eigenvalue weighted by Gasteiger charge is -2.02. The standard InChI is InChI=1S/C9H8BrNO3/c1-2-3-6-4-7(10)9(12)8(5-6)11(13)14/h2,4-5,12H,1,3H2. The van der Waals surface area contributed by atoms with Gasteiger partial charge < -0.3 is 5.11 Å². The number of halogens is 1. The van der Waals surface area contributed by atoms with Crippen LogP contribution in [0.15, 0.2) is 29.3 Å². The number of aromatic hydroxyl groups is 1. The van der Waals surface area contributed by atoms with Gasteiger partial charge in [0.15, 0.2) is 0 Å². The van der Waals surface area contributed by atoms with Crippen LogP contribution in [0.3, 0.4) is 0 Å². The van der Waals surface area contributed by atoms with Crippen LogP contribution < -0.4 is 0 Å². The first-order chi connectivity index (χ1) is 6.56. The number of benzene rings is 1. The summed E-state index contributed by atoms with van der Waals surface area (Å²) in [6.45, 7) is 3.53. The molecule has 0 amide bonds. The molecule has 1 aromatic rings. The van der Waals surface area contributed by atoms with Crippen LogP contribution in [0.5, 0.6) is 5.75 Å². The zero-order valence-corrected chi connectivity index (χ0v) is 8.82. The third-order valence-corrected chi connectivity index (χ3v) is 2.28. The summed E-state index contributed by atoms with van der Waals surface area (Å²) in [4.78, 5) is 9.91. The zero-order chi connectivity index (χ0) is 10.7. The topological polar surface area (TPSA) is 63.4 Å². The molecule has 0 atom stereocenters. The second-order valence-electron chi connectivity index (χ2n) is 2.70. The largest absolute Gasteiger partial charge is 0.501 e. The molecule has 5 heteroatoms. The number of nitrogens with zero attached hydrogens (tertiary/aromatic N) is 1. The molecule has 0 spiro atoms. The van der Waals surface area contributed by atoms with Gasteiger partial charge >= 0.3 is 5.69 Å². The Morgan fingerprint density at radius 1 is 1.64 bits per heavy atom. The number of allylic oxidation sites excluding steroid dienone is 1. The Hall–Kier alpha value is -1.36. The fourth-order valence-corrected chi connectivity index (χ4v) is 1.56. The smallest absolute Gasteiger partial charge is 0.312 e. The molecule has 1 N–H and O–H groups in total. The van der Waals surface area contributed by atoms with E-state index in [2.05, 4.69) is 22.5 Å². The van der Waals surface area contributed by atoms with Crippen LogP contribution in [0.1, 0.15) is 5.56 Å². The third kappa shape index (κ3) is 2.11. The molecule has 14 heavy (non-hydrogen) atoms. The predicted molar refractivity (Wildman–Crippen MR) is 56.4 cm³/mol. The van der Waals surface area contributed by atoms with Crippen molar-refractivity contribution < 1.29 is 10.0 Å². The minimum atomic E-state index is -0.618. The summed E-state index contributed by atoms with van der Waals surface area (Å²) in [7, 11) is 0. The second-order valence-corrected chi connectivity index (χ2v) is 3.55. The lowest BCUT2D eigenvalue weighted by atomic mass is 10.1. The highest BCUT2D eigenvalue weighted by Crippen LogP contribution is 2.35. The molecule has 0 aliphatic heterocycles. The minimum absolute atomic E-state index is 0.295. The molecular weight excluding hydrogens is 250 g/mol. The molecule has 0 unspecified atom stereocenters. The summed E-state index contributed by atoms with van der Waals surface area (Å²) in [5.41, 5.74) is 0.438. The van der Waals surface area contributed by atoms with Gasteiger partial charge in [0, 0.05) is 6.07 Å². The van der Waals surface area contributed by atoms with E-state index in [4.69, 9.17) is 0 Å². The van der Waals surface area contributed by atoms with E-state index in [1.807, 2.05) is 0 Å². The van der Waals surface area contributed by atoms with Crippen molar-refractivity contribution in [1.29, 1.82) is 0 Å². The normalized spacial score (nSPS) is 9.79. The molecule has 0 fully saturated rings. The van der Waals surface area contributed by atoms with E-state index in [1.165, 1.54) is 6.07 Å². The Bertz CT molecular complexity index is 390. The average Bonchev–Trinajstić information content (AvgIpc) is 2.11. The highest BCUT2D eigenvalue weighted by Gasteiger charge is 2.17. The number of nitro groups is 1. The van der Waals surface area contributed by atoms with Crippen LogP contribution in [-0.4, -0.2) is 10.0 Å². The zero-order valence-electron chi connectivity index (χ0n) is 7.24. The highest BCUT2D eigenvalue weighted by atomic mass is 79.9. The fraction of sp³-hybridized carbons (Fsp3) is 0.111. The Kier molecular flexibility index (Phi) is 3.24. The van der Waals surface area contributed by atoms with Gasteiger partial charge in [0.1, 0.15) is 0 Å². The molecule has 0 saturated carbocycles. The summed E-state index contributed by atoms with van der Waals surface area (Å²) in [6, 6.07) is 2.96. The first-order valence-corrected chi connectivity index (χ1v) is 4.62. The molecule has 1 aromatic carbocycles. The summed E-state index contributed by atoms with van der Waals surface area (Å²) in [5, 5.41) is 19.9. The Morgan fingerprint density at radius 3 is 2.79 bits per heavy atom. The van der Waals surface area contributed by atoms with Crippen molar-refractivity contribution in [3.05, 3.63) is 44.9 Å². The van der Waals surface area contributed by atoms with Crippen molar-refractivity contribution >= 4 is 21.6 Å². The maximum atomic E-state index is 10.5. The van der Waals surface area contributed by atoms with Crippen LogP contribution in [0, 0.1) is 10.1 Å². The number of hydrogen-bond acceptors (Lipinski definition) is 3. The maximum absolute atomic E-state index is 10.5. The van der Waals surface area contributed by atoms with Gasteiger partial charge in [-0.15, -0.1) is 6.58 Å². The van der Waals surface area contributed by atoms with Crippen molar-refractivity contribution in [2.45, 2.75) is 6.42 Å². The maximum Gasteiger partial charge on any atom is 0.312 e. The minimum Gasteiger partial charge on any atom is -0.501 e. The SMILES string of the molecule is C=CCc1cc(Br)c(O)c([N+](=O)[O-])c1. The Labute approximate surface area is 89.2 Å². The lowest BCUT2D eigenvalue weighted by Crippen LogP contribution is -1.91. The molecule has 0 heterocycles. The summed E-state index contributed by atoms with van der Waals surface area (Å²) in [5.74, 6) is -0.345. The molecule has 0 bridgehead atoms. The van der Waals surface area contributed by atoms with Crippen molar-refractivity contribution in [2.75, 3.05) is 0 Å². The third-order valence-electron chi connectivity index (χ3n) is 1.68. The van der Waals surface area contributed by atoms with Crippen molar-refractivity contribution in [2.24, 2.45) is 0 Å². The van der Waals surface area contributed by atoms with E-state index in [9.17, 15) is 15.2 Å². The van der Waals surface area contributed by atoms with Crippen molar-refractivity contribution in [3.63, 3.8) is 0 Å². The van der Waals surface area contributed by atoms with E-state index in [-0.39, 0.29) is 11.4 Å². The van der Waals surface area contributed by atoms with Crippen LogP contribution in [0.2, 0.25) is 0 Å². The van der Waals surface area contributed by atoms with E-state index in [0.717, 1.165) is 5.56 Å². The van der Waals surface area contributed by atoms with Crippen LogP contribution in [0.25, 0.3) is 0 Å². The Morgan fingerprint density at radius 2 is 2.29 bits per heavy atom. The van der Waals surface area contributed by atoms with Crippen LogP contribution in [0.4, 0.5) is 5.69 Å². The van der Waals surface area contributed by atoms with E-state index in [0.29, 0.717) is 10.9 Å². The molecule has 0 radical (unpaired) electrons. The van der Waals surface area contributed by atoms with Crippen molar-refractivity contribution in [1.82, 2.24) is 0 Å². The first kappa shape index (κ1) is 10.7. The van der Waals surface area contributed by atoms with Crippen LogP contribution >= 0.6 is 15.9 Å². The highest BCUT2D eigenvalue weighted by molar-refractivity contribution is 9.10. The summed E-state index contributed by atoms with van der Waals surface area (Å²) >= 11 is 3.05. The lowest BCUT2D eigenvalue weighted by molar-refractivity contribution is -0.386. The number of nitro benzene ring substituents is 1. The van der Waals surface area contributed by atoms with Gasteiger partial charge in [0.2, 0.25) is 5.75 Å². The Balaban J connectivity index is 3.27. The molecule has 0 aliphatic carbocycles. The molecular formula is C9H8BrNO3. The number of phenolic OH excluding ortho intramolecular Hbond substituents is 1. The molecule has 1 rings (SSSR count). The molecule has 0 saturated heterocycles. The average molecular weight is 258 g/mol. The predicted octanol–water partition coefficient (Wildman–Crippen LogP) is 2.79. The number of hydrogen-bond donors (Lipinski definition) is 1. The van der Waals surface area contributed by atoms with Gasteiger partial charge in [-0.05, 0) is 34.0 Å². The number of rotatable bonds is 3. The fourth-order valence-electron chi connectivity index (χ4n) is 1.06. The van der Waals surface area contributed by atoms with Gasteiger partial charge in [-0.3, -0.25) is 10.1 Å². The van der Waals surface area contributed by atoms with Gasteiger partial charge in [-0.1, -0.05) is 6.08 Å². The van der Waals surface area contributed by atoms with Gasteiger partial charge in [-0.25, -0.2) is 0 Å². The molecule has 4 nitrogen and oxygen atoms in total.